The van der Waals surface area contributed by atoms with Crippen LogP contribution < -0.4 is 17.0 Å². The quantitative estimate of drug-likeness (QED) is 0.220. The Morgan fingerprint density at radius 1 is 1.65 bits per heavy atom. The lowest BCUT2D eigenvalue weighted by Crippen LogP contribution is -3.00. The Labute approximate surface area is 107 Å². The molecule has 1 aromatic heterocycles. The molecule has 6 heteroatoms. The summed E-state index contributed by atoms with van der Waals surface area (Å²) in [6.45, 7) is 7.95. The van der Waals surface area contributed by atoms with Crippen molar-refractivity contribution in [1.82, 2.24) is 4.57 Å². The smallest absolute Gasteiger partial charge is 0.305 e. The number of hydrogen-bond donors (Lipinski definition) is 1. The Morgan fingerprint density at radius 2 is 2.29 bits per heavy atom. The molecule has 1 rings (SSSR count). The van der Waals surface area contributed by atoms with Gasteiger partial charge in [-0.1, -0.05) is 11.2 Å². The number of nitrogens with zero attached hydrogens (tertiary/aromatic N) is 3. The zero-order chi connectivity index (χ0) is 12.2. The first-order chi connectivity index (χ1) is 7.50. The van der Waals surface area contributed by atoms with E-state index in [4.69, 9.17) is 9.94 Å². The number of hydrogen-bond acceptors (Lipinski definition) is 3. The van der Waals surface area contributed by atoms with Gasteiger partial charge in [-0.15, -0.1) is 6.58 Å². The minimum absolute atomic E-state index is 0. The van der Waals surface area contributed by atoms with E-state index in [1.807, 2.05) is 42.4 Å². The van der Waals surface area contributed by atoms with Crippen molar-refractivity contribution in [2.45, 2.75) is 26.2 Å². The van der Waals surface area contributed by atoms with Gasteiger partial charge in [0.2, 0.25) is 0 Å². The van der Waals surface area contributed by atoms with Crippen LogP contribution in [0.25, 0.3) is 0 Å². The molecule has 0 bridgehead atoms. The maximum atomic E-state index is 8.55. The second-order valence-corrected chi connectivity index (χ2v) is 4.06. The van der Waals surface area contributed by atoms with Crippen LogP contribution in [0.2, 0.25) is 0 Å². The molecule has 5 nitrogen and oxygen atoms in total. The van der Waals surface area contributed by atoms with Gasteiger partial charge in [0.15, 0.2) is 12.9 Å². The largest absolute Gasteiger partial charge is 1.00 e. The van der Waals surface area contributed by atoms with E-state index in [0.29, 0.717) is 6.73 Å². The minimum Gasteiger partial charge on any atom is -1.00 e. The first-order valence-corrected chi connectivity index (χ1v) is 5.00. The van der Waals surface area contributed by atoms with Crippen LogP contribution >= 0.6 is 0 Å². The van der Waals surface area contributed by atoms with Crippen LogP contribution in [0.5, 0.6) is 0 Å². The molecule has 0 spiro atoms. The number of imidazole rings is 1. The molecule has 1 aromatic rings. The molecule has 0 saturated carbocycles. The van der Waals surface area contributed by atoms with Crippen LogP contribution in [0.1, 0.15) is 19.7 Å². The van der Waals surface area contributed by atoms with Crippen LogP contribution in [-0.4, -0.2) is 21.6 Å². The van der Waals surface area contributed by atoms with Gasteiger partial charge in [-0.05, 0) is 13.8 Å². The lowest BCUT2D eigenvalue weighted by Gasteiger charge is -2.19. The number of aryl methyl sites for hydroxylation is 1. The van der Waals surface area contributed by atoms with Crippen molar-refractivity contribution in [3.05, 3.63) is 30.9 Å². The molecule has 1 N–H and O–H groups in total. The Kier molecular flexibility index (Phi) is 5.91. The molecular weight excluding hydrogens is 242 g/mol. The van der Waals surface area contributed by atoms with Gasteiger partial charge in [-0.3, -0.25) is 0 Å². The maximum absolute atomic E-state index is 8.55. The molecule has 1 heterocycles. The molecule has 17 heavy (non-hydrogen) atoms. The third-order valence-electron chi connectivity index (χ3n) is 2.37. The predicted molar refractivity (Wildman–Crippen MR) is 60.3 cm³/mol. The van der Waals surface area contributed by atoms with Crippen LogP contribution in [0.4, 0.5) is 0 Å². The molecule has 0 aliphatic heterocycles. The van der Waals surface area contributed by atoms with E-state index in [-0.39, 0.29) is 18.0 Å². The fraction of sp³-hybridized carbons (Fsp3) is 0.455. The molecule has 0 fully saturated rings. The van der Waals surface area contributed by atoms with E-state index in [9.17, 15) is 0 Å². The average molecular weight is 260 g/mol. The highest BCUT2D eigenvalue weighted by Crippen LogP contribution is 2.11. The topological polar surface area (TPSA) is 50.6 Å². The summed E-state index contributed by atoms with van der Waals surface area (Å²) in [5.41, 5.74) is -0.379. The highest BCUT2D eigenvalue weighted by Gasteiger charge is 2.18. The van der Waals surface area contributed by atoms with Gasteiger partial charge in [0.25, 0.3) is 0 Å². The van der Waals surface area contributed by atoms with Crippen LogP contribution in [0.3, 0.4) is 0 Å². The second-order valence-electron chi connectivity index (χ2n) is 4.06. The van der Waals surface area contributed by atoms with E-state index in [1.165, 1.54) is 6.21 Å². The molecule has 0 aliphatic carbocycles. The SMILES string of the molecule is C=CC(C)(C)OCn1cc[n+](C)c1/C=N/O.[Cl-]. The number of rotatable bonds is 5. The van der Waals surface area contributed by atoms with Crippen molar-refractivity contribution >= 4 is 6.21 Å². The van der Waals surface area contributed by atoms with Crippen molar-refractivity contribution < 1.29 is 26.9 Å². The molecule has 0 aliphatic rings. The van der Waals surface area contributed by atoms with Crippen molar-refractivity contribution in [2.24, 2.45) is 12.2 Å². The summed E-state index contributed by atoms with van der Waals surface area (Å²) < 4.78 is 9.33. The molecule has 0 atom stereocenters. The molecule has 0 radical (unpaired) electrons. The van der Waals surface area contributed by atoms with Crippen LogP contribution in [0.15, 0.2) is 30.2 Å². The van der Waals surface area contributed by atoms with Gasteiger partial charge in [-0.25, -0.2) is 9.13 Å². The first kappa shape index (κ1) is 15.7. The molecular formula is C11H18ClN3O2. The third-order valence-corrected chi connectivity index (χ3v) is 2.37. The van der Waals surface area contributed by atoms with E-state index in [0.717, 1.165) is 5.82 Å². The van der Waals surface area contributed by atoms with Crippen LogP contribution in [0, 0.1) is 0 Å². The summed E-state index contributed by atoms with van der Waals surface area (Å²) in [6.07, 6.45) is 6.83. The van der Waals surface area contributed by atoms with Gasteiger partial charge in [0.05, 0.1) is 12.6 Å². The van der Waals surface area contributed by atoms with Gasteiger partial charge in [-0.2, -0.15) is 0 Å². The Bertz CT molecular complexity index is 399. The summed E-state index contributed by atoms with van der Waals surface area (Å²) in [5, 5.41) is 11.6. The maximum Gasteiger partial charge on any atom is 0.305 e. The summed E-state index contributed by atoms with van der Waals surface area (Å²) in [7, 11) is 1.87. The minimum atomic E-state index is -0.379. The van der Waals surface area contributed by atoms with Gasteiger partial charge in [0, 0.05) is 0 Å². The van der Waals surface area contributed by atoms with E-state index >= 15 is 0 Å². The highest BCUT2D eigenvalue weighted by atomic mass is 35.5. The zero-order valence-corrected chi connectivity index (χ0v) is 11.1. The van der Waals surface area contributed by atoms with Gasteiger partial charge >= 0.3 is 5.82 Å². The van der Waals surface area contributed by atoms with E-state index in [1.54, 1.807) is 6.08 Å². The van der Waals surface area contributed by atoms with Crippen LogP contribution in [-0.2, 0) is 18.5 Å². The van der Waals surface area contributed by atoms with E-state index < -0.39 is 0 Å². The van der Waals surface area contributed by atoms with Crippen molar-refractivity contribution in [2.75, 3.05) is 0 Å². The molecule has 0 amide bonds. The third kappa shape index (κ3) is 4.20. The molecule has 0 saturated heterocycles. The molecule has 0 aromatic carbocycles. The Balaban J connectivity index is 0.00000256. The summed E-state index contributed by atoms with van der Waals surface area (Å²) in [6, 6.07) is 0. The lowest BCUT2D eigenvalue weighted by molar-refractivity contribution is -0.672. The summed E-state index contributed by atoms with van der Waals surface area (Å²) >= 11 is 0. The predicted octanol–water partition coefficient (Wildman–Crippen LogP) is -1.94. The molecule has 96 valence electrons. The normalized spacial score (nSPS) is 11.5. The number of halogens is 1. The highest BCUT2D eigenvalue weighted by molar-refractivity contribution is 5.72. The zero-order valence-electron chi connectivity index (χ0n) is 10.3. The number of ether oxygens (including phenoxy) is 1. The van der Waals surface area contributed by atoms with Gasteiger partial charge in [0.1, 0.15) is 12.4 Å². The first-order valence-electron chi connectivity index (χ1n) is 5.00. The van der Waals surface area contributed by atoms with Crippen molar-refractivity contribution in [3.63, 3.8) is 0 Å². The van der Waals surface area contributed by atoms with Crippen molar-refractivity contribution in [3.8, 4) is 0 Å². The number of aromatic nitrogens is 2. The summed E-state index contributed by atoms with van der Waals surface area (Å²) in [4.78, 5) is 0. The average Bonchev–Trinajstić information content (AvgIpc) is 2.59. The van der Waals surface area contributed by atoms with Crippen molar-refractivity contribution in [1.29, 1.82) is 0 Å². The summed E-state index contributed by atoms with van der Waals surface area (Å²) in [5.74, 6) is 0.752. The fourth-order valence-electron chi connectivity index (χ4n) is 1.16. The lowest BCUT2D eigenvalue weighted by atomic mass is 10.1. The molecule has 0 unspecified atom stereocenters. The fourth-order valence-corrected chi connectivity index (χ4v) is 1.16. The van der Waals surface area contributed by atoms with Gasteiger partial charge < -0.3 is 22.4 Å². The monoisotopic (exact) mass is 259 g/mol. The number of oxime groups is 1. The standard InChI is InChI=1S/C11H17N3O2.ClH/c1-5-11(2,3)16-9-14-7-6-13(4)10(14)8-12-15;/h5-8H,1,9H2,2-4H3;1H. The second kappa shape index (κ2) is 6.42. The van der Waals surface area contributed by atoms with E-state index in [2.05, 4.69) is 11.7 Å². The Morgan fingerprint density at radius 3 is 2.82 bits per heavy atom. The Hall–Kier alpha value is -1.33.